The van der Waals surface area contributed by atoms with E-state index in [1.165, 1.54) is 4.90 Å². The number of thioether (sulfide) groups is 1. The highest BCUT2D eigenvalue weighted by Gasteiger charge is 2.06. The number of rotatable bonds is 3. The van der Waals surface area contributed by atoms with Crippen LogP contribution in [0.3, 0.4) is 0 Å². The second-order valence-electron chi connectivity index (χ2n) is 4.43. The van der Waals surface area contributed by atoms with Crippen molar-refractivity contribution >= 4 is 40.0 Å². The van der Waals surface area contributed by atoms with Crippen molar-refractivity contribution < 1.29 is 0 Å². The van der Waals surface area contributed by atoms with Crippen LogP contribution in [0.25, 0.3) is 10.9 Å². The molecule has 3 aromatic rings. The number of nitrogens with two attached hydrogens (primary N) is 1. The Labute approximate surface area is 127 Å². The average Bonchev–Trinajstić information content (AvgIpc) is 2.47. The Hall–Kier alpha value is -1.71. The van der Waals surface area contributed by atoms with Gasteiger partial charge >= 0.3 is 0 Å². The van der Waals surface area contributed by atoms with Gasteiger partial charge in [0.1, 0.15) is 0 Å². The van der Waals surface area contributed by atoms with Gasteiger partial charge in [-0.2, -0.15) is 0 Å². The van der Waals surface area contributed by atoms with Gasteiger partial charge in [0.05, 0.1) is 11.2 Å². The maximum Gasteiger partial charge on any atom is 0.0942 e. The Kier molecular flexibility index (Phi) is 3.81. The van der Waals surface area contributed by atoms with Crippen molar-refractivity contribution in [2.24, 2.45) is 0 Å². The van der Waals surface area contributed by atoms with Gasteiger partial charge in [-0.25, -0.2) is 0 Å². The Balaban J connectivity index is 1.92. The van der Waals surface area contributed by atoms with Gasteiger partial charge in [-0.05, 0) is 23.8 Å². The third-order valence-corrected chi connectivity index (χ3v) is 4.59. The van der Waals surface area contributed by atoms with Crippen LogP contribution in [0.1, 0.15) is 5.56 Å². The molecule has 0 radical (unpaired) electrons. The molecule has 2 N–H and O–H groups in total. The molecule has 0 spiro atoms. The molecule has 0 saturated heterocycles. The van der Waals surface area contributed by atoms with Gasteiger partial charge in [-0.3, -0.25) is 4.98 Å². The minimum Gasteiger partial charge on any atom is -0.397 e. The lowest BCUT2D eigenvalue weighted by atomic mass is 10.2. The van der Waals surface area contributed by atoms with Crippen molar-refractivity contribution in [1.29, 1.82) is 0 Å². The van der Waals surface area contributed by atoms with E-state index < -0.39 is 0 Å². The van der Waals surface area contributed by atoms with E-state index in [-0.39, 0.29) is 0 Å². The van der Waals surface area contributed by atoms with Crippen LogP contribution < -0.4 is 5.73 Å². The molecule has 4 heteroatoms. The average molecular weight is 301 g/mol. The molecule has 0 aliphatic heterocycles. The molecular formula is C16H13ClN2S. The molecule has 1 heterocycles. The summed E-state index contributed by atoms with van der Waals surface area (Å²) >= 11 is 7.93. The molecule has 2 nitrogen and oxygen atoms in total. The van der Waals surface area contributed by atoms with Gasteiger partial charge in [0.25, 0.3) is 0 Å². The number of para-hydroxylation sites is 1. The molecule has 100 valence electrons. The second-order valence-corrected chi connectivity index (χ2v) is 5.86. The molecule has 0 unspecified atom stereocenters. The molecule has 0 bridgehead atoms. The molecule has 0 aliphatic carbocycles. The van der Waals surface area contributed by atoms with Crippen LogP contribution in [0.5, 0.6) is 0 Å². The lowest BCUT2D eigenvalue weighted by Gasteiger charge is -2.08. The lowest BCUT2D eigenvalue weighted by molar-refractivity contribution is 1.34. The fraction of sp³-hybridized carbons (Fsp3) is 0.0625. The predicted octanol–water partition coefficient (Wildman–Crippen LogP) is 4.76. The quantitative estimate of drug-likeness (QED) is 0.560. The molecule has 0 saturated carbocycles. The van der Waals surface area contributed by atoms with Gasteiger partial charge < -0.3 is 5.73 Å². The third kappa shape index (κ3) is 2.60. The number of anilines is 1. The van der Waals surface area contributed by atoms with Gasteiger partial charge in [0.2, 0.25) is 0 Å². The van der Waals surface area contributed by atoms with Gasteiger partial charge in [0.15, 0.2) is 0 Å². The van der Waals surface area contributed by atoms with E-state index in [9.17, 15) is 0 Å². The smallest absolute Gasteiger partial charge is 0.0942 e. The zero-order chi connectivity index (χ0) is 13.9. The predicted molar refractivity (Wildman–Crippen MR) is 87.2 cm³/mol. The zero-order valence-electron chi connectivity index (χ0n) is 10.7. The monoisotopic (exact) mass is 300 g/mol. The maximum atomic E-state index is 6.19. The number of hydrogen-bond donors (Lipinski definition) is 1. The van der Waals surface area contributed by atoms with Crippen LogP contribution in [-0.2, 0) is 5.75 Å². The van der Waals surface area contributed by atoms with E-state index in [1.54, 1.807) is 18.0 Å². The number of benzene rings is 2. The van der Waals surface area contributed by atoms with E-state index in [0.717, 1.165) is 27.2 Å². The standard InChI is InChI=1S/C16H13ClN2S/c17-13-6-2-1-4-11(13)10-20-15-8-9-19-16-12(15)5-3-7-14(16)18/h1-9H,10,18H2. The number of nitrogen functional groups attached to an aromatic ring is 1. The minimum atomic E-state index is 0.711. The van der Waals surface area contributed by atoms with Gasteiger partial charge in [-0.15, -0.1) is 11.8 Å². The topological polar surface area (TPSA) is 38.9 Å². The Morgan fingerprint density at radius 1 is 1.05 bits per heavy atom. The molecule has 2 aromatic carbocycles. The first-order chi connectivity index (χ1) is 9.75. The first-order valence-corrected chi connectivity index (χ1v) is 7.61. The molecule has 0 atom stereocenters. The van der Waals surface area contributed by atoms with Crippen LogP contribution in [0, 0.1) is 0 Å². The highest BCUT2D eigenvalue weighted by molar-refractivity contribution is 7.98. The van der Waals surface area contributed by atoms with E-state index in [0.29, 0.717) is 5.69 Å². The first kappa shape index (κ1) is 13.3. The number of pyridine rings is 1. The second kappa shape index (κ2) is 5.73. The van der Waals surface area contributed by atoms with Gasteiger partial charge in [-0.1, -0.05) is 41.9 Å². The maximum absolute atomic E-state index is 6.19. The van der Waals surface area contributed by atoms with E-state index in [4.69, 9.17) is 17.3 Å². The van der Waals surface area contributed by atoms with E-state index in [2.05, 4.69) is 4.98 Å². The van der Waals surface area contributed by atoms with Crippen molar-refractivity contribution in [1.82, 2.24) is 4.98 Å². The zero-order valence-corrected chi connectivity index (χ0v) is 12.3. The van der Waals surface area contributed by atoms with Crippen molar-refractivity contribution in [3.63, 3.8) is 0 Å². The number of halogens is 1. The van der Waals surface area contributed by atoms with Crippen LogP contribution in [0.2, 0.25) is 5.02 Å². The summed E-state index contributed by atoms with van der Waals surface area (Å²) in [4.78, 5) is 5.52. The highest BCUT2D eigenvalue weighted by atomic mass is 35.5. The molecule has 20 heavy (non-hydrogen) atoms. The summed E-state index contributed by atoms with van der Waals surface area (Å²) in [5, 5.41) is 1.89. The van der Waals surface area contributed by atoms with Crippen molar-refractivity contribution in [2.45, 2.75) is 10.6 Å². The summed E-state index contributed by atoms with van der Waals surface area (Å²) in [6.07, 6.45) is 1.80. The van der Waals surface area contributed by atoms with E-state index >= 15 is 0 Å². The molecule has 3 rings (SSSR count). The van der Waals surface area contributed by atoms with Crippen LogP contribution in [0.4, 0.5) is 5.69 Å². The summed E-state index contributed by atoms with van der Waals surface area (Å²) < 4.78 is 0. The molecule has 0 aliphatic rings. The van der Waals surface area contributed by atoms with E-state index in [1.807, 2.05) is 48.5 Å². The summed E-state index contributed by atoms with van der Waals surface area (Å²) in [5.41, 5.74) is 8.66. The number of aromatic nitrogens is 1. The lowest BCUT2D eigenvalue weighted by Crippen LogP contribution is -1.90. The molecule has 1 aromatic heterocycles. The van der Waals surface area contributed by atoms with Crippen LogP contribution in [0.15, 0.2) is 59.6 Å². The Morgan fingerprint density at radius 3 is 2.75 bits per heavy atom. The first-order valence-electron chi connectivity index (χ1n) is 6.25. The number of nitrogens with zero attached hydrogens (tertiary/aromatic N) is 1. The minimum absolute atomic E-state index is 0.711. The summed E-state index contributed by atoms with van der Waals surface area (Å²) in [5.74, 6) is 0.827. The third-order valence-electron chi connectivity index (χ3n) is 3.10. The van der Waals surface area contributed by atoms with Crippen LogP contribution >= 0.6 is 23.4 Å². The largest absolute Gasteiger partial charge is 0.397 e. The highest BCUT2D eigenvalue weighted by Crippen LogP contribution is 2.32. The molecule has 0 amide bonds. The van der Waals surface area contributed by atoms with Gasteiger partial charge in [0, 0.05) is 27.3 Å². The Bertz CT molecular complexity index is 758. The summed E-state index contributed by atoms with van der Waals surface area (Å²) in [6.45, 7) is 0. The molecular weight excluding hydrogens is 288 g/mol. The summed E-state index contributed by atoms with van der Waals surface area (Å²) in [6, 6.07) is 15.8. The van der Waals surface area contributed by atoms with Crippen molar-refractivity contribution in [3.05, 3.63) is 65.3 Å². The number of fused-ring (bicyclic) bond motifs is 1. The van der Waals surface area contributed by atoms with Crippen molar-refractivity contribution in [2.75, 3.05) is 5.73 Å². The fourth-order valence-electron chi connectivity index (χ4n) is 2.07. The SMILES string of the molecule is Nc1cccc2c(SCc3ccccc3Cl)ccnc12. The summed E-state index contributed by atoms with van der Waals surface area (Å²) in [7, 11) is 0. The van der Waals surface area contributed by atoms with Crippen LogP contribution in [-0.4, -0.2) is 4.98 Å². The number of hydrogen-bond acceptors (Lipinski definition) is 3. The fourth-order valence-corrected chi connectivity index (χ4v) is 3.39. The van der Waals surface area contributed by atoms with Crippen molar-refractivity contribution in [3.8, 4) is 0 Å². The normalized spacial score (nSPS) is 10.8. The Morgan fingerprint density at radius 2 is 1.90 bits per heavy atom. The molecule has 0 fully saturated rings.